The fourth-order valence-electron chi connectivity index (χ4n) is 7.69. The Morgan fingerprint density at radius 2 is 1.53 bits per heavy atom. The molecule has 1 aliphatic heterocycles. The fraction of sp³-hybridized carbons (Fsp3) is 0.714. The molecule has 5 aliphatic rings. The van der Waals surface area contributed by atoms with Gasteiger partial charge in [-0.3, -0.25) is 14.5 Å². The lowest BCUT2D eigenvalue weighted by Gasteiger charge is -2.33. The van der Waals surface area contributed by atoms with Gasteiger partial charge in [-0.15, -0.1) is 0 Å². The van der Waals surface area contributed by atoms with E-state index in [4.69, 9.17) is 0 Å². The number of rotatable bonds is 7. The molecule has 1 aromatic rings. The van der Waals surface area contributed by atoms with Gasteiger partial charge in [-0.2, -0.15) is 0 Å². The predicted octanol–water partition coefficient (Wildman–Crippen LogP) is 2.52. The van der Waals surface area contributed by atoms with Crippen LogP contribution in [0.2, 0.25) is 0 Å². The van der Waals surface area contributed by atoms with E-state index >= 15 is 0 Å². The van der Waals surface area contributed by atoms with Crippen molar-refractivity contribution in [2.45, 2.75) is 51.0 Å². The van der Waals surface area contributed by atoms with Crippen molar-refractivity contribution in [2.24, 2.45) is 29.1 Å². The first kappa shape index (κ1) is 22.5. The van der Waals surface area contributed by atoms with Crippen molar-refractivity contribution in [1.29, 1.82) is 0 Å². The molecule has 2 amide bonds. The third kappa shape index (κ3) is 3.78. The fourth-order valence-corrected chi connectivity index (χ4v) is 7.69. The van der Waals surface area contributed by atoms with Gasteiger partial charge in [0.05, 0.1) is 17.4 Å². The van der Waals surface area contributed by atoms with Crippen LogP contribution in [0.5, 0.6) is 0 Å². The lowest BCUT2D eigenvalue weighted by Crippen LogP contribution is -2.50. The maximum absolute atomic E-state index is 13.8. The molecule has 184 valence electrons. The van der Waals surface area contributed by atoms with Crippen LogP contribution in [0.4, 0.5) is 0 Å². The van der Waals surface area contributed by atoms with Crippen LogP contribution in [0.15, 0.2) is 24.3 Å². The Kier molecular flexibility index (Phi) is 5.53. The van der Waals surface area contributed by atoms with Gasteiger partial charge in [0.25, 0.3) is 0 Å². The molecule has 6 nitrogen and oxygen atoms in total. The van der Waals surface area contributed by atoms with E-state index in [9.17, 15) is 9.59 Å². The molecule has 34 heavy (non-hydrogen) atoms. The van der Waals surface area contributed by atoms with Gasteiger partial charge in [-0.05, 0) is 75.3 Å². The summed E-state index contributed by atoms with van der Waals surface area (Å²) in [5.74, 6) is 0.741. The molecular weight excluding hydrogens is 424 g/mol. The number of amides is 2. The molecule has 1 aromatic carbocycles. The van der Waals surface area contributed by atoms with Crippen LogP contribution in [0.1, 0.15) is 49.7 Å². The maximum Gasteiger partial charge on any atom is 0.224 e. The summed E-state index contributed by atoms with van der Waals surface area (Å²) in [4.78, 5) is 32.1. The van der Waals surface area contributed by atoms with Gasteiger partial charge in [-0.25, -0.2) is 0 Å². The lowest BCUT2D eigenvalue weighted by molar-refractivity contribution is -0.137. The number of likely N-dealkylation sites (N-methyl/N-ethyl adjacent to an activating group) is 1. The number of carbonyl (C=O) groups is 2. The highest BCUT2D eigenvalue weighted by Crippen LogP contribution is 2.74. The highest BCUT2D eigenvalue weighted by atomic mass is 16.2. The smallest absolute Gasteiger partial charge is 0.224 e. The van der Waals surface area contributed by atoms with Crippen LogP contribution >= 0.6 is 0 Å². The maximum atomic E-state index is 13.8. The Labute approximate surface area is 203 Å². The summed E-state index contributed by atoms with van der Waals surface area (Å²) in [5.41, 5.74) is 2.51. The summed E-state index contributed by atoms with van der Waals surface area (Å²) in [5, 5.41) is 6.72. The number of hydrogen-bond acceptors (Lipinski definition) is 4. The van der Waals surface area contributed by atoms with Crippen LogP contribution in [0.3, 0.4) is 0 Å². The van der Waals surface area contributed by atoms with Crippen molar-refractivity contribution >= 4 is 11.8 Å². The first-order chi connectivity index (χ1) is 16.4. The molecular formula is C28H40N4O2. The summed E-state index contributed by atoms with van der Waals surface area (Å²) >= 11 is 0. The van der Waals surface area contributed by atoms with E-state index in [-0.39, 0.29) is 34.6 Å². The summed E-state index contributed by atoms with van der Waals surface area (Å²) < 4.78 is 0. The second-order valence-electron chi connectivity index (χ2n) is 11.9. The largest absolute Gasteiger partial charge is 0.355 e. The average Bonchev–Trinajstić information content (AvgIpc) is 3.73. The van der Waals surface area contributed by atoms with Crippen molar-refractivity contribution in [3.05, 3.63) is 35.4 Å². The van der Waals surface area contributed by atoms with Gasteiger partial charge in [0.15, 0.2) is 0 Å². The van der Waals surface area contributed by atoms with Crippen molar-refractivity contribution in [1.82, 2.24) is 20.4 Å². The van der Waals surface area contributed by atoms with E-state index in [0.29, 0.717) is 18.4 Å². The molecule has 4 atom stereocenters. The summed E-state index contributed by atoms with van der Waals surface area (Å²) in [6, 6.07) is 8.59. The Bertz CT molecular complexity index is 944. The second-order valence-corrected chi connectivity index (χ2v) is 11.9. The highest BCUT2D eigenvalue weighted by Gasteiger charge is 2.71. The molecule has 4 saturated carbocycles. The van der Waals surface area contributed by atoms with Crippen molar-refractivity contribution in [3.63, 3.8) is 0 Å². The molecule has 2 bridgehead atoms. The van der Waals surface area contributed by atoms with Crippen LogP contribution in [0, 0.1) is 36.0 Å². The number of benzene rings is 1. The van der Waals surface area contributed by atoms with Crippen molar-refractivity contribution < 1.29 is 9.59 Å². The van der Waals surface area contributed by atoms with E-state index in [1.807, 2.05) is 0 Å². The predicted molar refractivity (Wildman–Crippen MR) is 132 cm³/mol. The van der Waals surface area contributed by atoms with Crippen LogP contribution in [-0.2, 0) is 15.1 Å². The molecule has 1 saturated heterocycles. The minimum atomic E-state index is -0.216. The van der Waals surface area contributed by atoms with Crippen LogP contribution in [-0.4, -0.2) is 67.9 Å². The number of nitrogens with zero attached hydrogens (tertiary/aromatic N) is 2. The zero-order valence-electron chi connectivity index (χ0n) is 20.8. The first-order valence-corrected chi connectivity index (χ1v) is 13.5. The number of piperazine rings is 1. The SMILES string of the molecule is Cc1ccc(C2(NC(=O)[C@H]3[C@H](C(=O)NCCN4CCN(C)CC4)[C@H]4CC[C@@H]3C43CC3)CC2)cc1. The second kappa shape index (κ2) is 8.34. The molecule has 6 heteroatoms. The Balaban J connectivity index is 1.13. The summed E-state index contributed by atoms with van der Waals surface area (Å²) in [6.45, 7) is 8.00. The molecule has 2 N–H and O–H groups in total. The number of carbonyl (C=O) groups excluding carboxylic acids is 2. The van der Waals surface area contributed by atoms with E-state index in [2.05, 4.69) is 58.7 Å². The highest BCUT2D eigenvalue weighted by molar-refractivity contribution is 5.90. The van der Waals surface area contributed by atoms with Gasteiger partial charge >= 0.3 is 0 Å². The third-order valence-electron chi connectivity index (χ3n) is 9.99. The standard InChI is InChI=1S/C28H40N4O2/c1-19-3-5-20(6-4-19)28(11-12-28)30-26(34)24-22-8-7-21(27(22)9-10-27)23(24)25(33)29-13-14-32-17-15-31(2)16-18-32/h3-6,21-24H,7-18H2,1-2H3,(H,29,33)(H,30,34)/t21-,22+,23-,24-/m1/s1. The molecule has 0 unspecified atom stereocenters. The van der Waals surface area contributed by atoms with Crippen LogP contribution < -0.4 is 10.6 Å². The first-order valence-electron chi connectivity index (χ1n) is 13.5. The number of aryl methyl sites for hydroxylation is 1. The third-order valence-corrected chi connectivity index (χ3v) is 9.99. The quantitative estimate of drug-likeness (QED) is 0.651. The summed E-state index contributed by atoms with van der Waals surface area (Å²) in [6.07, 6.45) is 6.64. The van der Waals surface area contributed by atoms with E-state index < -0.39 is 0 Å². The van der Waals surface area contributed by atoms with E-state index in [1.54, 1.807) is 0 Å². The minimum Gasteiger partial charge on any atom is -0.355 e. The Hall–Kier alpha value is -1.92. The monoisotopic (exact) mass is 464 g/mol. The Morgan fingerprint density at radius 1 is 0.912 bits per heavy atom. The van der Waals surface area contributed by atoms with Crippen LogP contribution in [0.25, 0.3) is 0 Å². The van der Waals surface area contributed by atoms with Gasteiger partial charge in [-0.1, -0.05) is 29.8 Å². The van der Waals surface area contributed by atoms with Gasteiger partial charge in [0, 0.05) is 39.3 Å². The normalized spacial score (nSPS) is 33.1. The molecule has 5 fully saturated rings. The molecule has 6 rings (SSSR count). The zero-order chi connectivity index (χ0) is 23.5. The number of hydrogen-bond donors (Lipinski definition) is 2. The molecule has 0 radical (unpaired) electrons. The number of nitrogens with one attached hydrogen (secondary N) is 2. The lowest BCUT2D eigenvalue weighted by atomic mass is 9.78. The minimum absolute atomic E-state index is 0.132. The van der Waals surface area contributed by atoms with E-state index in [1.165, 1.54) is 24.0 Å². The summed E-state index contributed by atoms with van der Waals surface area (Å²) in [7, 11) is 2.16. The van der Waals surface area contributed by atoms with E-state index in [0.717, 1.165) is 58.4 Å². The molecule has 0 aromatic heterocycles. The average molecular weight is 465 g/mol. The van der Waals surface area contributed by atoms with Crippen molar-refractivity contribution in [2.75, 3.05) is 46.3 Å². The molecule has 1 heterocycles. The van der Waals surface area contributed by atoms with Gasteiger partial charge < -0.3 is 15.5 Å². The van der Waals surface area contributed by atoms with Gasteiger partial charge in [0.1, 0.15) is 0 Å². The topological polar surface area (TPSA) is 64.7 Å². The van der Waals surface area contributed by atoms with Gasteiger partial charge in [0.2, 0.25) is 11.8 Å². The molecule has 4 aliphatic carbocycles. The van der Waals surface area contributed by atoms with Crippen molar-refractivity contribution in [3.8, 4) is 0 Å². The zero-order valence-corrected chi connectivity index (χ0v) is 20.8. The Morgan fingerprint density at radius 3 is 2.12 bits per heavy atom. The molecule has 1 spiro atoms.